The lowest BCUT2D eigenvalue weighted by molar-refractivity contribution is -0.121. The van der Waals surface area contributed by atoms with Gasteiger partial charge in [0.25, 0.3) is 0 Å². The normalized spacial score (nSPS) is 16.9. The van der Waals surface area contributed by atoms with E-state index in [9.17, 15) is 4.79 Å². The number of aromatic nitrogens is 1. The maximum absolute atomic E-state index is 12.4. The van der Waals surface area contributed by atoms with E-state index < -0.39 is 0 Å². The Kier molecular flexibility index (Phi) is 6.71. The molecule has 2 aromatic rings. The summed E-state index contributed by atoms with van der Waals surface area (Å²) in [5, 5.41) is 7.23. The first kappa shape index (κ1) is 19.7. The number of carbonyl (C=O) groups is 1. The molecule has 8 heteroatoms. The van der Waals surface area contributed by atoms with Crippen molar-refractivity contribution in [2.24, 2.45) is 0 Å². The van der Waals surface area contributed by atoms with Crippen LogP contribution < -0.4 is 10.1 Å². The lowest BCUT2D eigenvalue weighted by atomic mass is 10.2. The maximum atomic E-state index is 12.4. The van der Waals surface area contributed by atoms with E-state index in [1.807, 2.05) is 31.2 Å². The van der Waals surface area contributed by atoms with Crippen molar-refractivity contribution >= 4 is 23.3 Å². The van der Waals surface area contributed by atoms with Crippen molar-refractivity contribution in [2.45, 2.75) is 19.9 Å². The third kappa shape index (κ3) is 5.45. The van der Waals surface area contributed by atoms with E-state index in [1.54, 1.807) is 13.0 Å². The molecule has 0 saturated carbocycles. The van der Waals surface area contributed by atoms with Crippen LogP contribution in [0.4, 0.5) is 5.82 Å². The molecule has 1 fully saturated rings. The zero-order chi connectivity index (χ0) is 19.2. The Morgan fingerprint density at radius 3 is 2.74 bits per heavy atom. The van der Waals surface area contributed by atoms with Gasteiger partial charge in [0.15, 0.2) is 5.82 Å². The average Bonchev–Trinajstić information content (AvgIpc) is 3.08. The molecule has 1 aliphatic heterocycles. The predicted octanol–water partition coefficient (Wildman–Crippen LogP) is 2.66. The summed E-state index contributed by atoms with van der Waals surface area (Å²) in [6, 6.07) is 8.98. The molecule has 1 aromatic carbocycles. The minimum Gasteiger partial charge on any atom is -0.491 e. The number of ether oxygens (including phenoxy) is 1. The first-order valence-electron chi connectivity index (χ1n) is 9.11. The van der Waals surface area contributed by atoms with Crippen LogP contribution in [-0.2, 0) is 4.79 Å². The topological polar surface area (TPSA) is 70.8 Å². The fourth-order valence-corrected chi connectivity index (χ4v) is 3.23. The zero-order valence-corrected chi connectivity index (χ0v) is 16.4. The van der Waals surface area contributed by atoms with Crippen LogP contribution in [0.15, 0.2) is 34.9 Å². The van der Waals surface area contributed by atoms with Gasteiger partial charge < -0.3 is 14.6 Å². The Labute approximate surface area is 164 Å². The lowest BCUT2D eigenvalue weighted by Gasteiger charge is -2.37. The van der Waals surface area contributed by atoms with Crippen LogP contribution >= 0.6 is 11.6 Å². The van der Waals surface area contributed by atoms with Crippen molar-refractivity contribution in [3.8, 4) is 5.75 Å². The number of para-hydroxylation sites is 1. The molecule has 2 heterocycles. The second-order valence-electron chi connectivity index (χ2n) is 6.64. The Balaban J connectivity index is 1.39. The third-order valence-electron chi connectivity index (χ3n) is 4.72. The van der Waals surface area contributed by atoms with Crippen LogP contribution in [0.25, 0.3) is 0 Å². The minimum absolute atomic E-state index is 0.0706. The van der Waals surface area contributed by atoms with Crippen LogP contribution in [-0.4, -0.2) is 66.2 Å². The summed E-state index contributed by atoms with van der Waals surface area (Å²) < 4.78 is 10.7. The van der Waals surface area contributed by atoms with Gasteiger partial charge in [-0.05, 0) is 26.0 Å². The summed E-state index contributed by atoms with van der Waals surface area (Å²) in [7, 11) is 0. The molecule has 0 radical (unpaired) electrons. The molecule has 1 aromatic heterocycles. The van der Waals surface area contributed by atoms with E-state index >= 15 is 0 Å². The van der Waals surface area contributed by atoms with Gasteiger partial charge in [0.2, 0.25) is 5.91 Å². The van der Waals surface area contributed by atoms with E-state index in [2.05, 4.69) is 20.3 Å². The van der Waals surface area contributed by atoms with Gasteiger partial charge >= 0.3 is 0 Å². The van der Waals surface area contributed by atoms with E-state index in [0.29, 0.717) is 29.0 Å². The summed E-state index contributed by atoms with van der Waals surface area (Å²) in [5.74, 6) is 1.77. The number of carbonyl (C=O) groups excluding carboxylic acids is 1. The standard InChI is InChI=1S/C19H25ClN4O3/c1-14-13-18(22-27-14)21-19(25)15(2)24-9-7-23(8-10-24)11-12-26-17-6-4-3-5-16(17)20/h3-6,13,15H,7-12H2,1-2H3,(H,21,22,25). The number of piperazine rings is 1. The highest BCUT2D eigenvalue weighted by Gasteiger charge is 2.26. The lowest BCUT2D eigenvalue weighted by Crippen LogP contribution is -2.53. The third-order valence-corrected chi connectivity index (χ3v) is 5.03. The van der Waals surface area contributed by atoms with Crippen molar-refractivity contribution in [1.82, 2.24) is 15.0 Å². The smallest absolute Gasteiger partial charge is 0.242 e. The van der Waals surface area contributed by atoms with Crippen molar-refractivity contribution in [1.29, 1.82) is 0 Å². The molecule has 1 atom stereocenters. The largest absolute Gasteiger partial charge is 0.491 e. The first-order valence-corrected chi connectivity index (χ1v) is 9.48. The number of anilines is 1. The van der Waals surface area contributed by atoms with E-state index in [1.165, 1.54) is 0 Å². The van der Waals surface area contributed by atoms with Crippen molar-refractivity contribution in [2.75, 3.05) is 44.6 Å². The number of hydrogen-bond acceptors (Lipinski definition) is 6. The van der Waals surface area contributed by atoms with E-state index in [0.717, 1.165) is 32.7 Å². The first-order chi connectivity index (χ1) is 13.0. The number of aryl methyl sites for hydroxylation is 1. The Bertz CT molecular complexity index is 759. The van der Waals surface area contributed by atoms with Crippen LogP contribution in [0, 0.1) is 6.92 Å². The SMILES string of the molecule is Cc1cc(NC(=O)C(C)N2CCN(CCOc3ccccc3Cl)CC2)no1. The Morgan fingerprint density at radius 1 is 1.33 bits per heavy atom. The van der Waals surface area contributed by atoms with Gasteiger partial charge in [-0.25, -0.2) is 0 Å². The maximum Gasteiger partial charge on any atom is 0.242 e. The van der Waals surface area contributed by atoms with Crippen molar-refractivity contribution in [3.05, 3.63) is 41.1 Å². The van der Waals surface area contributed by atoms with Gasteiger partial charge in [-0.3, -0.25) is 14.6 Å². The summed E-state index contributed by atoms with van der Waals surface area (Å²) in [6.45, 7) is 8.58. The number of hydrogen-bond donors (Lipinski definition) is 1. The molecule has 1 N–H and O–H groups in total. The van der Waals surface area contributed by atoms with Crippen molar-refractivity contribution in [3.63, 3.8) is 0 Å². The highest BCUT2D eigenvalue weighted by atomic mass is 35.5. The number of rotatable bonds is 7. The van der Waals surface area contributed by atoms with Gasteiger partial charge in [-0.1, -0.05) is 28.9 Å². The number of benzene rings is 1. The molecule has 1 aliphatic rings. The summed E-state index contributed by atoms with van der Waals surface area (Å²) in [5.41, 5.74) is 0. The average molecular weight is 393 g/mol. The van der Waals surface area contributed by atoms with Gasteiger partial charge in [0.05, 0.1) is 11.1 Å². The monoisotopic (exact) mass is 392 g/mol. The van der Waals surface area contributed by atoms with E-state index in [-0.39, 0.29) is 11.9 Å². The number of halogens is 1. The van der Waals surface area contributed by atoms with Crippen LogP contribution in [0.5, 0.6) is 5.75 Å². The quantitative estimate of drug-likeness (QED) is 0.781. The van der Waals surface area contributed by atoms with Gasteiger partial charge in [0.1, 0.15) is 18.1 Å². The molecule has 3 rings (SSSR count). The second-order valence-corrected chi connectivity index (χ2v) is 7.05. The predicted molar refractivity (Wildman–Crippen MR) is 104 cm³/mol. The summed E-state index contributed by atoms with van der Waals surface area (Å²) in [6.07, 6.45) is 0. The molecular formula is C19H25ClN4O3. The van der Waals surface area contributed by atoms with Crippen LogP contribution in [0.3, 0.4) is 0 Å². The summed E-state index contributed by atoms with van der Waals surface area (Å²) >= 11 is 6.10. The molecule has 7 nitrogen and oxygen atoms in total. The second kappa shape index (κ2) is 9.21. The highest BCUT2D eigenvalue weighted by molar-refractivity contribution is 6.32. The minimum atomic E-state index is -0.219. The molecule has 146 valence electrons. The molecule has 0 spiro atoms. The fourth-order valence-electron chi connectivity index (χ4n) is 3.04. The Hall–Kier alpha value is -2.09. The fraction of sp³-hybridized carbons (Fsp3) is 0.474. The molecule has 27 heavy (non-hydrogen) atoms. The molecule has 0 aliphatic carbocycles. The molecular weight excluding hydrogens is 368 g/mol. The summed E-state index contributed by atoms with van der Waals surface area (Å²) in [4.78, 5) is 16.9. The Morgan fingerprint density at radius 2 is 2.07 bits per heavy atom. The zero-order valence-electron chi connectivity index (χ0n) is 15.7. The van der Waals surface area contributed by atoms with Crippen molar-refractivity contribution < 1.29 is 14.1 Å². The van der Waals surface area contributed by atoms with Gasteiger partial charge in [-0.15, -0.1) is 0 Å². The molecule has 1 unspecified atom stereocenters. The van der Waals surface area contributed by atoms with Gasteiger partial charge in [0, 0.05) is 38.8 Å². The van der Waals surface area contributed by atoms with Crippen LogP contribution in [0.2, 0.25) is 5.02 Å². The molecule has 0 bridgehead atoms. The van der Waals surface area contributed by atoms with Crippen LogP contribution in [0.1, 0.15) is 12.7 Å². The number of nitrogens with one attached hydrogen (secondary N) is 1. The number of nitrogens with zero attached hydrogens (tertiary/aromatic N) is 3. The van der Waals surface area contributed by atoms with E-state index in [4.69, 9.17) is 20.9 Å². The highest BCUT2D eigenvalue weighted by Crippen LogP contribution is 2.23. The van der Waals surface area contributed by atoms with Gasteiger partial charge in [-0.2, -0.15) is 0 Å². The molecule has 1 amide bonds. The number of amides is 1. The molecule has 1 saturated heterocycles.